The zero-order valence-corrected chi connectivity index (χ0v) is 17.6. The van der Waals surface area contributed by atoms with Crippen LogP contribution in [0.5, 0.6) is 11.5 Å². The molecule has 2 amide bonds. The Bertz CT molecular complexity index is 859. The van der Waals surface area contributed by atoms with Gasteiger partial charge in [-0.15, -0.1) is 0 Å². The van der Waals surface area contributed by atoms with Gasteiger partial charge in [-0.05, 0) is 49.2 Å². The largest absolute Gasteiger partial charge is 0.497 e. The van der Waals surface area contributed by atoms with Crippen molar-refractivity contribution in [1.29, 1.82) is 0 Å². The normalized spacial score (nSPS) is 13.9. The Kier molecular flexibility index (Phi) is 7.54. The Morgan fingerprint density at radius 3 is 2.27 bits per heavy atom. The standard InChI is InChI=1S/C23H29N3O4/c1-29-19-11-12-21(30-2)20(15-19)25-22(27)16-24-18-9-7-17(8-10-18)23(28)26-13-5-3-4-6-14-26/h7-12,15,24H,3-6,13-14,16H2,1-2H3,(H,25,27). The van der Waals surface area contributed by atoms with Crippen molar-refractivity contribution in [2.24, 2.45) is 0 Å². The van der Waals surface area contributed by atoms with Gasteiger partial charge in [-0.2, -0.15) is 0 Å². The van der Waals surface area contributed by atoms with Gasteiger partial charge in [-0.25, -0.2) is 0 Å². The molecular weight excluding hydrogens is 382 g/mol. The van der Waals surface area contributed by atoms with Gasteiger partial charge in [-0.3, -0.25) is 9.59 Å². The molecule has 160 valence electrons. The molecule has 2 N–H and O–H groups in total. The van der Waals surface area contributed by atoms with Crippen LogP contribution in [0.2, 0.25) is 0 Å². The maximum absolute atomic E-state index is 12.7. The van der Waals surface area contributed by atoms with E-state index in [-0.39, 0.29) is 18.4 Å². The Morgan fingerprint density at radius 1 is 0.933 bits per heavy atom. The molecule has 0 aromatic heterocycles. The number of likely N-dealkylation sites (tertiary alicyclic amines) is 1. The number of rotatable bonds is 7. The van der Waals surface area contributed by atoms with E-state index in [0.29, 0.717) is 22.7 Å². The fourth-order valence-corrected chi connectivity index (χ4v) is 3.48. The van der Waals surface area contributed by atoms with E-state index in [1.54, 1.807) is 44.6 Å². The molecule has 0 aliphatic carbocycles. The van der Waals surface area contributed by atoms with E-state index in [9.17, 15) is 9.59 Å². The number of anilines is 2. The number of methoxy groups -OCH3 is 2. The van der Waals surface area contributed by atoms with Crippen molar-refractivity contribution in [3.8, 4) is 11.5 Å². The van der Waals surface area contributed by atoms with Gasteiger partial charge < -0.3 is 25.0 Å². The highest BCUT2D eigenvalue weighted by molar-refractivity contribution is 5.96. The van der Waals surface area contributed by atoms with Gasteiger partial charge in [0.15, 0.2) is 0 Å². The molecular formula is C23H29N3O4. The summed E-state index contributed by atoms with van der Waals surface area (Å²) < 4.78 is 10.5. The highest BCUT2D eigenvalue weighted by Gasteiger charge is 2.17. The highest BCUT2D eigenvalue weighted by atomic mass is 16.5. The summed E-state index contributed by atoms with van der Waals surface area (Å²) in [4.78, 5) is 26.9. The molecule has 0 bridgehead atoms. The van der Waals surface area contributed by atoms with Crippen LogP contribution in [0.4, 0.5) is 11.4 Å². The van der Waals surface area contributed by atoms with Gasteiger partial charge in [0.05, 0.1) is 26.5 Å². The minimum absolute atomic E-state index is 0.0753. The second kappa shape index (κ2) is 10.5. The van der Waals surface area contributed by atoms with Crippen molar-refractivity contribution >= 4 is 23.2 Å². The van der Waals surface area contributed by atoms with Crippen molar-refractivity contribution in [3.05, 3.63) is 48.0 Å². The second-order valence-corrected chi connectivity index (χ2v) is 7.25. The molecule has 2 aromatic carbocycles. The molecule has 3 rings (SSSR count). The van der Waals surface area contributed by atoms with Crippen molar-refractivity contribution < 1.29 is 19.1 Å². The summed E-state index contributed by atoms with van der Waals surface area (Å²) in [5.74, 6) is 1.04. The summed E-state index contributed by atoms with van der Waals surface area (Å²) in [6.07, 6.45) is 4.52. The summed E-state index contributed by atoms with van der Waals surface area (Å²) >= 11 is 0. The minimum Gasteiger partial charge on any atom is -0.497 e. The lowest BCUT2D eigenvalue weighted by molar-refractivity contribution is -0.114. The van der Waals surface area contributed by atoms with E-state index in [1.165, 1.54) is 12.8 Å². The zero-order chi connectivity index (χ0) is 21.3. The molecule has 1 saturated heterocycles. The summed E-state index contributed by atoms with van der Waals surface area (Å²) in [7, 11) is 3.11. The van der Waals surface area contributed by atoms with E-state index in [4.69, 9.17) is 9.47 Å². The van der Waals surface area contributed by atoms with Crippen LogP contribution in [0, 0.1) is 0 Å². The number of carbonyl (C=O) groups is 2. The average molecular weight is 412 g/mol. The van der Waals surface area contributed by atoms with Crippen LogP contribution in [-0.2, 0) is 4.79 Å². The molecule has 1 aliphatic rings. The molecule has 1 heterocycles. The lowest BCUT2D eigenvalue weighted by Gasteiger charge is -2.20. The molecule has 30 heavy (non-hydrogen) atoms. The average Bonchev–Trinajstić information content (AvgIpc) is 3.07. The Morgan fingerprint density at radius 2 is 1.63 bits per heavy atom. The molecule has 2 aromatic rings. The second-order valence-electron chi connectivity index (χ2n) is 7.25. The van der Waals surface area contributed by atoms with Gasteiger partial charge in [0, 0.05) is 30.4 Å². The van der Waals surface area contributed by atoms with E-state index in [2.05, 4.69) is 10.6 Å². The quantitative estimate of drug-likeness (QED) is 0.725. The van der Waals surface area contributed by atoms with Gasteiger partial charge in [-0.1, -0.05) is 12.8 Å². The zero-order valence-electron chi connectivity index (χ0n) is 17.6. The van der Waals surface area contributed by atoms with Gasteiger partial charge in [0.1, 0.15) is 11.5 Å². The summed E-state index contributed by atoms with van der Waals surface area (Å²) in [6.45, 7) is 1.74. The van der Waals surface area contributed by atoms with Gasteiger partial charge in [0.25, 0.3) is 5.91 Å². The summed E-state index contributed by atoms with van der Waals surface area (Å²) in [5.41, 5.74) is 1.99. The number of amides is 2. The Hall–Kier alpha value is -3.22. The maximum atomic E-state index is 12.7. The third-order valence-corrected chi connectivity index (χ3v) is 5.16. The fourth-order valence-electron chi connectivity index (χ4n) is 3.48. The molecule has 1 aliphatic heterocycles. The Labute approximate surface area is 177 Å². The van der Waals surface area contributed by atoms with E-state index < -0.39 is 0 Å². The highest BCUT2D eigenvalue weighted by Crippen LogP contribution is 2.28. The maximum Gasteiger partial charge on any atom is 0.253 e. The van der Waals surface area contributed by atoms with Crippen LogP contribution >= 0.6 is 0 Å². The third kappa shape index (κ3) is 5.65. The van der Waals surface area contributed by atoms with Crippen LogP contribution < -0.4 is 20.1 Å². The number of nitrogens with one attached hydrogen (secondary N) is 2. The number of hydrogen-bond donors (Lipinski definition) is 2. The third-order valence-electron chi connectivity index (χ3n) is 5.16. The summed E-state index contributed by atoms with van der Waals surface area (Å²) in [6, 6.07) is 12.5. The van der Waals surface area contributed by atoms with Crippen LogP contribution in [0.1, 0.15) is 36.0 Å². The van der Waals surface area contributed by atoms with Crippen molar-refractivity contribution in [2.75, 3.05) is 44.5 Å². The fraction of sp³-hybridized carbons (Fsp3) is 0.391. The lowest BCUT2D eigenvalue weighted by Crippen LogP contribution is -2.31. The number of nitrogens with zero attached hydrogens (tertiary/aromatic N) is 1. The predicted molar refractivity (Wildman–Crippen MR) is 117 cm³/mol. The monoisotopic (exact) mass is 411 g/mol. The van der Waals surface area contributed by atoms with E-state index >= 15 is 0 Å². The minimum atomic E-state index is -0.216. The molecule has 0 unspecified atom stereocenters. The first-order valence-corrected chi connectivity index (χ1v) is 10.3. The lowest BCUT2D eigenvalue weighted by atomic mass is 10.1. The molecule has 7 nitrogen and oxygen atoms in total. The number of ether oxygens (including phenoxy) is 2. The topological polar surface area (TPSA) is 79.9 Å². The summed E-state index contributed by atoms with van der Waals surface area (Å²) in [5, 5.41) is 5.90. The van der Waals surface area contributed by atoms with E-state index in [1.807, 2.05) is 17.0 Å². The van der Waals surface area contributed by atoms with E-state index in [0.717, 1.165) is 31.6 Å². The smallest absolute Gasteiger partial charge is 0.253 e. The van der Waals surface area contributed by atoms with Crippen LogP contribution in [-0.4, -0.2) is 50.6 Å². The van der Waals surface area contributed by atoms with Crippen LogP contribution in [0.15, 0.2) is 42.5 Å². The molecule has 0 atom stereocenters. The Balaban J connectivity index is 1.54. The first kappa shape index (κ1) is 21.5. The molecule has 0 spiro atoms. The number of hydrogen-bond acceptors (Lipinski definition) is 5. The number of benzene rings is 2. The van der Waals surface area contributed by atoms with Crippen molar-refractivity contribution in [1.82, 2.24) is 4.90 Å². The van der Waals surface area contributed by atoms with Crippen molar-refractivity contribution in [2.45, 2.75) is 25.7 Å². The molecule has 1 fully saturated rings. The first-order chi connectivity index (χ1) is 14.6. The van der Waals surface area contributed by atoms with Crippen molar-refractivity contribution in [3.63, 3.8) is 0 Å². The molecule has 7 heteroatoms. The van der Waals surface area contributed by atoms with Crippen LogP contribution in [0.25, 0.3) is 0 Å². The predicted octanol–water partition coefficient (Wildman–Crippen LogP) is 3.77. The van der Waals surface area contributed by atoms with Gasteiger partial charge in [0.2, 0.25) is 5.91 Å². The first-order valence-electron chi connectivity index (χ1n) is 10.3. The number of carbonyl (C=O) groups excluding carboxylic acids is 2. The van der Waals surface area contributed by atoms with Gasteiger partial charge >= 0.3 is 0 Å². The SMILES string of the molecule is COc1ccc(OC)c(NC(=O)CNc2ccc(C(=O)N3CCCCCC3)cc2)c1. The molecule has 0 saturated carbocycles. The molecule has 0 radical (unpaired) electrons. The van der Waals surface area contributed by atoms with Crippen LogP contribution in [0.3, 0.4) is 0 Å².